The van der Waals surface area contributed by atoms with Gasteiger partial charge >= 0.3 is 0 Å². The van der Waals surface area contributed by atoms with Gasteiger partial charge in [-0.25, -0.2) is 0 Å². The first-order valence-corrected chi connectivity index (χ1v) is 5.14. The van der Waals surface area contributed by atoms with E-state index in [1.54, 1.807) is 7.11 Å². The van der Waals surface area contributed by atoms with Gasteiger partial charge in [0.15, 0.2) is 11.5 Å². The van der Waals surface area contributed by atoms with E-state index in [2.05, 4.69) is 22.5 Å². The molecule has 3 heteroatoms. The maximum absolute atomic E-state index is 5.43. The fourth-order valence-corrected chi connectivity index (χ4v) is 1.36. The first-order valence-electron chi connectivity index (χ1n) is 4.34. The second-order valence-electron chi connectivity index (χ2n) is 2.70. The summed E-state index contributed by atoms with van der Waals surface area (Å²) in [5.41, 5.74) is 0.995. The Morgan fingerprint density at radius 3 is 2.64 bits per heavy atom. The largest absolute Gasteiger partial charge is 0.493 e. The van der Waals surface area contributed by atoms with E-state index in [4.69, 9.17) is 9.47 Å². The molecule has 1 aromatic carbocycles. The normalized spacial score (nSPS) is 9.64. The van der Waals surface area contributed by atoms with Gasteiger partial charge < -0.3 is 9.47 Å². The highest BCUT2D eigenvalue weighted by Crippen LogP contribution is 2.31. The van der Waals surface area contributed by atoms with Crippen molar-refractivity contribution in [3.8, 4) is 11.5 Å². The second-order valence-corrected chi connectivity index (χ2v) is 3.66. The third kappa shape index (κ3) is 2.51. The Balaban J connectivity index is 3.07. The van der Waals surface area contributed by atoms with Crippen LogP contribution in [0.2, 0.25) is 0 Å². The van der Waals surface area contributed by atoms with Gasteiger partial charge in [-0.05, 0) is 30.7 Å². The lowest BCUT2D eigenvalue weighted by molar-refractivity contribution is 0.311. The molecule has 2 nitrogen and oxygen atoms in total. The van der Waals surface area contributed by atoms with Crippen LogP contribution in [0.5, 0.6) is 11.5 Å². The Bertz CT molecular complexity index is 334. The average molecular weight is 257 g/mol. The molecule has 14 heavy (non-hydrogen) atoms. The number of hydrogen-bond donors (Lipinski definition) is 0. The van der Waals surface area contributed by atoms with Crippen LogP contribution in [0.25, 0.3) is 4.48 Å². The maximum Gasteiger partial charge on any atom is 0.161 e. The van der Waals surface area contributed by atoms with Crippen molar-refractivity contribution in [2.75, 3.05) is 13.7 Å². The summed E-state index contributed by atoms with van der Waals surface area (Å²) in [7, 11) is 1.63. The summed E-state index contributed by atoms with van der Waals surface area (Å²) in [6, 6.07) is 5.70. The molecule has 0 aliphatic heterocycles. The van der Waals surface area contributed by atoms with Gasteiger partial charge in [-0.3, -0.25) is 0 Å². The molecular weight excluding hydrogens is 244 g/mol. The minimum Gasteiger partial charge on any atom is -0.493 e. The second kappa shape index (κ2) is 5.05. The first-order chi connectivity index (χ1) is 6.69. The zero-order chi connectivity index (χ0) is 10.6. The fraction of sp³-hybridized carbons (Fsp3) is 0.273. The zero-order valence-corrected chi connectivity index (χ0v) is 9.93. The molecule has 0 saturated heterocycles. The molecule has 0 atom stereocenters. The van der Waals surface area contributed by atoms with Gasteiger partial charge in [0.1, 0.15) is 0 Å². The molecule has 76 valence electrons. The molecule has 1 rings (SSSR count). The van der Waals surface area contributed by atoms with Gasteiger partial charge in [-0.1, -0.05) is 22.5 Å². The molecule has 0 unspecified atom stereocenters. The third-order valence-electron chi connectivity index (χ3n) is 1.78. The predicted octanol–water partition coefficient (Wildman–Crippen LogP) is 3.46. The van der Waals surface area contributed by atoms with Crippen LogP contribution >= 0.6 is 15.9 Å². The summed E-state index contributed by atoms with van der Waals surface area (Å²) in [6.45, 7) is 6.36. The summed E-state index contributed by atoms with van der Waals surface area (Å²) >= 11 is 3.32. The van der Waals surface area contributed by atoms with Crippen molar-refractivity contribution in [2.45, 2.75) is 6.92 Å². The molecule has 0 bridgehead atoms. The minimum atomic E-state index is 0.620. The zero-order valence-electron chi connectivity index (χ0n) is 8.34. The van der Waals surface area contributed by atoms with Crippen LogP contribution in [0.3, 0.4) is 0 Å². The topological polar surface area (TPSA) is 18.5 Å². The number of rotatable bonds is 4. The SMILES string of the molecule is C=C(Br)c1ccc(OC)c(OCC)c1. The van der Waals surface area contributed by atoms with Crippen molar-refractivity contribution in [3.05, 3.63) is 30.3 Å². The van der Waals surface area contributed by atoms with Crippen LogP contribution in [0.1, 0.15) is 12.5 Å². The maximum atomic E-state index is 5.43. The minimum absolute atomic E-state index is 0.620. The Morgan fingerprint density at radius 2 is 2.14 bits per heavy atom. The van der Waals surface area contributed by atoms with E-state index in [1.807, 2.05) is 25.1 Å². The van der Waals surface area contributed by atoms with E-state index in [9.17, 15) is 0 Å². The number of methoxy groups -OCH3 is 1. The van der Waals surface area contributed by atoms with Gasteiger partial charge in [0.2, 0.25) is 0 Å². The highest BCUT2D eigenvalue weighted by Gasteiger charge is 2.05. The molecule has 0 fully saturated rings. The van der Waals surface area contributed by atoms with Gasteiger partial charge in [-0.2, -0.15) is 0 Å². The number of halogens is 1. The van der Waals surface area contributed by atoms with E-state index in [0.29, 0.717) is 6.61 Å². The molecule has 0 N–H and O–H groups in total. The van der Waals surface area contributed by atoms with Crippen molar-refractivity contribution >= 4 is 20.4 Å². The lowest BCUT2D eigenvalue weighted by Crippen LogP contribution is -1.95. The van der Waals surface area contributed by atoms with Crippen molar-refractivity contribution in [1.82, 2.24) is 0 Å². The first kappa shape index (κ1) is 11.1. The summed E-state index contributed by atoms with van der Waals surface area (Å²) in [5, 5.41) is 0. The fourth-order valence-electron chi connectivity index (χ4n) is 1.11. The molecule has 0 amide bonds. The van der Waals surface area contributed by atoms with Crippen LogP contribution in [0.15, 0.2) is 24.8 Å². The quantitative estimate of drug-likeness (QED) is 0.822. The Kier molecular flexibility index (Phi) is 4.01. The van der Waals surface area contributed by atoms with E-state index >= 15 is 0 Å². The Labute approximate surface area is 92.7 Å². The summed E-state index contributed by atoms with van der Waals surface area (Å²) in [6.07, 6.45) is 0. The average Bonchev–Trinajstić information content (AvgIpc) is 2.18. The van der Waals surface area contributed by atoms with Crippen molar-refractivity contribution in [2.24, 2.45) is 0 Å². The summed E-state index contributed by atoms with van der Waals surface area (Å²) in [5.74, 6) is 1.48. The van der Waals surface area contributed by atoms with Gasteiger partial charge in [0, 0.05) is 4.48 Å². The van der Waals surface area contributed by atoms with Crippen molar-refractivity contribution < 1.29 is 9.47 Å². The molecule has 0 saturated carbocycles. The van der Waals surface area contributed by atoms with Crippen LogP contribution < -0.4 is 9.47 Å². The van der Waals surface area contributed by atoms with Crippen molar-refractivity contribution in [3.63, 3.8) is 0 Å². The lowest BCUT2D eigenvalue weighted by Gasteiger charge is -2.10. The molecule has 0 radical (unpaired) electrons. The van der Waals surface area contributed by atoms with Crippen molar-refractivity contribution in [1.29, 1.82) is 0 Å². The standard InChI is InChI=1S/C11H13BrO2/c1-4-14-11-7-9(8(2)12)5-6-10(11)13-3/h5-7H,2,4H2,1,3H3. The molecular formula is C11H13BrO2. The Hall–Kier alpha value is -0.960. The van der Waals surface area contributed by atoms with Crippen LogP contribution in [-0.2, 0) is 0 Å². The molecule has 0 aliphatic rings. The molecule has 0 aromatic heterocycles. The monoisotopic (exact) mass is 256 g/mol. The van der Waals surface area contributed by atoms with Crippen LogP contribution in [-0.4, -0.2) is 13.7 Å². The van der Waals surface area contributed by atoms with Gasteiger partial charge in [-0.15, -0.1) is 0 Å². The molecule has 0 spiro atoms. The van der Waals surface area contributed by atoms with Crippen LogP contribution in [0.4, 0.5) is 0 Å². The van der Waals surface area contributed by atoms with Crippen LogP contribution in [0, 0.1) is 0 Å². The van der Waals surface area contributed by atoms with E-state index in [-0.39, 0.29) is 0 Å². The van der Waals surface area contributed by atoms with E-state index in [1.165, 1.54) is 0 Å². The number of benzene rings is 1. The summed E-state index contributed by atoms with van der Waals surface area (Å²) in [4.78, 5) is 0. The number of hydrogen-bond acceptors (Lipinski definition) is 2. The van der Waals surface area contributed by atoms with Gasteiger partial charge in [0.25, 0.3) is 0 Å². The predicted molar refractivity (Wildman–Crippen MR) is 62.1 cm³/mol. The smallest absolute Gasteiger partial charge is 0.161 e. The lowest BCUT2D eigenvalue weighted by atomic mass is 10.2. The third-order valence-corrected chi connectivity index (χ3v) is 2.23. The number of ether oxygens (including phenoxy) is 2. The highest BCUT2D eigenvalue weighted by molar-refractivity contribution is 9.15. The molecule has 0 aliphatic carbocycles. The van der Waals surface area contributed by atoms with Gasteiger partial charge in [0.05, 0.1) is 13.7 Å². The van der Waals surface area contributed by atoms with E-state index in [0.717, 1.165) is 21.5 Å². The van der Waals surface area contributed by atoms with E-state index < -0.39 is 0 Å². The summed E-state index contributed by atoms with van der Waals surface area (Å²) < 4.78 is 11.4. The Morgan fingerprint density at radius 1 is 1.43 bits per heavy atom. The molecule has 0 heterocycles. The molecule has 1 aromatic rings. The highest BCUT2D eigenvalue weighted by atomic mass is 79.9.